The molecule has 0 fully saturated rings. The molecule has 1 heterocycles. The van der Waals surface area contributed by atoms with Crippen LogP contribution < -0.4 is 10.1 Å². The molecule has 2 aromatic carbocycles. The number of aliphatic hydroxyl groups is 1. The zero-order valence-corrected chi connectivity index (χ0v) is 13.2. The number of ether oxygens (including phenoxy) is 1. The van der Waals surface area contributed by atoms with Gasteiger partial charge >= 0.3 is 0 Å². The van der Waals surface area contributed by atoms with E-state index >= 15 is 0 Å². The molecular weight excluding hydrogens is 325 g/mol. The van der Waals surface area contributed by atoms with Gasteiger partial charge in [-0.2, -0.15) is 0 Å². The van der Waals surface area contributed by atoms with Crippen LogP contribution >= 0.6 is 0 Å². The van der Waals surface area contributed by atoms with Gasteiger partial charge in [-0.1, -0.05) is 18.2 Å². The molecule has 0 aliphatic carbocycles. The number of hydrogen-bond acceptors (Lipinski definition) is 4. The lowest BCUT2D eigenvalue weighted by atomic mass is 10.1. The van der Waals surface area contributed by atoms with E-state index in [2.05, 4.69) is 5.32 Å². The molecule has 128 valence electrons. The van der Waals surface area contributed by atoms with Crippen molar-refractivity contribution in [2.45, 2.75) is 6.10 Å². The summed E-state index contributed by atoms with van der Waals surface area (Å²) in [4.78, 5) is 11.9. The summed E-state index contributed by atoms with van der Waals surface area (Å²) in [7, 11) is 0. The maximum atomic E-state index is 12.9. The third-order valence-corrected chi connectivity index (χ3v) is 3.50. The van der Waals surface area contributed by atoms with E-state index < -0.39 is 6.10 Å². The molecule has 0 aliphatic heterocycles. The molecule has 5 nitrogen and oxygen atoms in total. The van der Waals surface area contributed by atoms with Gasteiger partial charge in [-0.15, -0.1) is 0 Å². The number of carbonyl (C=O) groups is 1. The summed E-state index contributed by atoms with van der Waals surface area (Å²) in [5.41, 5.74) is 1.10. The maximum absolute atomic E-state index is 12.9. The lowest BCUT2D eigenvalue weighted by Crippen LogP contribution is -2.12. The van der Waals surface area contributed by atoms with E-state index in [-0.39, 0.29) is 24.1 Å². The summed E-state index contributed by atoms with van der Waals surface area (Å²) in [6, 6.07) is 15.5. The van der Waals surface area contributed by atoms with Crippen LogP contribution in [0, 0.1) is 5.82 Å². The van der Waals surface area contributed by atoms with Crippen molar-refractivity contribution < 1.29 is 23.4 Å². The maximum Gasteiger partial charge on any atom is 0.291 e. The van der Waals surface area contributed by atoms with Crippen molar-refractivity contribution in [2.75, 3.05) is 11.9 Å². The number of carbonyl (C=O) groups excluding carboxylic acids is 1. The Morgan fingerprint density at radius 2 is 1.96 bits per heavy atom. The first kappa shape index (κ1) is 16.7. The summed E-state index contributed by atoms with van der Waals surface area (Å²) in [5, 5.41) is 12.8. The van der Waals surface area contributed by atoms with Gasteiger partial charge < -0.3 is 19.6 Å². The Hall–Kier alpha value is -3.12. The van der Waals surface area contributed by atoms with Crippen LogP contribution in [0.5, 0.6) is 5.75 Å². The minimum atomic E-state index is -0.887. The van der Waals surface area contributed by atoms with Gasteiger partial charge in [0.15, 0.2) is 5.76 Å². The Morgan fingerprint density at radius 1 is 1.16 bits per heavy atom. The first-order valence-corrected chi connectivity index (χ1v) is 7.63. The molecule has 6 heteroatoms. The fraction of sp³-hybridized carbons (Fsp3) is 0.105. The van der Waals surface area contributed by atoms with E-state index in [9.17, 15) is 14.3 Å². The topological polar surface area (TPSA) is 71.7 Å². The second-order valence-corrected chi connectivity index (χ2v) is 5.34. The van der Waals surface area contributed by atoms with E-state index in [1.807, 2.05) is 0 Å². The molecule has 0 spiro atoms. The number of nitrogens with one attached hydrogen (secondary N) is 1. The molecule has 0 bridgehead atoms. The van der Waals surface area contributed by atoms with E-state index in [0.717, 1.165) is 0 Å². The fourth-order valence-electron chi connectivity index (χ4n) is 2.22. The van der Waals surface area contributed by atoms with Gasteiger partial charge in [0, 0.05) is 11.8 Å². The molecule has 0 saturated carbocycles. The quantitative estimate of drug-likeness (QED) is 0.716. The van der Waals surface area contributed by atoms with E-state index in [0.29, 0.717) is 17.0 Å². The van der Waals surface area contributed by atoms with Gasteiger partial charge in [0.05, 0.1) is 6.26 Å². The van der Waals surface area contributed by atoms with E-state index in [1.165, 1.54) is 30.5 Å². The largest absolute Gasteiger partial charge is 0.490 e. The molecule has 25 heavy (non-hydrogen) atoms. The van der Waals surface area contributed by atoms with Crippen LogP contribution in [0.15, 0.2) is 71.3 Å². The standard InChI is InChI=1S/C19H16FNO4/c20-14-8-6-13(7-9-14)17(22)12-25-16-4-1-3-15(11-16)21-19(23)18-5-2-10-24-18/h1-11,17,22H,12H2,(H,21,23). The van der Waals surface area contributed by atoms with Crippen LogP contribution in [0.2, 0.25) is 0 Å². The molecular formula is C19H16FNO4. The van der Waals surface area contributed by atoms with Crippen LogP contribution in [0.1, 0.15) is 22.2 Å². The molecule has 0 aliphatic rings. The second kappa shape index (κ2) is 7.63. The summed E-state index contributed by atoms with van der Waals surface area (Å²) < 4.78 is 23.5. The molecule has 3 aromatic rings. The summed E-state index contributed by atoms with van der Waals surface area (Å²) >= 11 is 0. The molecule has 1 amide bonds. The first-order chi connectivity index (χ1) is 12.1. The van der Waals surface area contributed by atoms with Crippen LogP contribution in [-0.2, 0) is 0 Å². The Bertz CT molecular complexity index is 831. The number of rotatable bonds is 6. The Morgan fingerprint density at radius 3 is 2.68 bits per heavy atom. The van der Waals surface area contributed by atoms with Crippen molar-refractivity contribution in [2.24, 2.45) is 0 Å². The number of furan rings is 1. The van der Waals surface area contributed by atoms with Crippen molar-refractivity contribution in [1.29, 1.82) is 0 Å². The highest BCUT2D eigenvalue weighted by atomic mass is 19.1. The predicted octanol–water partition coefficient (Wildman–Crippen LogP) is 3.78. The lowest BCUT2D eigenvalue weighted by molar-refractivity contribution is 0.0996. The summed E-state index contributed by atoms with van der Waals surface area (Å²) in [6.45, 7) is 0.00121. The van der Waals surface area contributed by atoms with Crippen LogP contribution in [0.4, 0.5) is 10.1 Å². The first-order valence-electron chi connectivity index (χ1n) is 7.63. The van der Waals surface area contributed by atoms with Crippen molar-refractivity contribution in [3.05, 3.63) is 84.1 Å². The van der Waals surface area contributed by atoms with Crippen LogP contribution in [0.25, 0.3) is 0 Å². The molecule has 3 rings (SSSR count). The second-order valence-electron chi connectivity index (χ2n) is 5.34. The number of hydrogen-bond donors (Lipinski definition) is 2. The molecule has 2 N–H and O–H groups in total. The normalized spacial score (nSPS) is 11.8. The van der Waals surface area contributed by atoms with Crippen molar-refractivity contribution >= 4 is 11.6 Å². The highest BCUT2D eigenvalue weighted by molar-refractivity contribution is 6.02. The molecule has 0 saturated heterocycles. The van der Waals surface area contributed by atoms with Gasteiger partial charge in [-0.3, -0.25) is 4.79 Å². The average Bonchev–Trinajstić information content (AvgIpc) is 3.15. The number of amides is 1. The predicted molar refractivity (Wildman–Crippen MR) is 90.0 cm³/mol. The van der Waals surface area contributed by atoms with Gasteiger partial charge in [0.25, 0.3) is 5.91 Å². The minimum absolute atomic E-state index is 0.00121. The zero-order valence-electron chi connectivity index (χ0n) is 13.2. The van der Waals surface area contributed by atoms with Gasteiger partial charge in [-0.05, 0) is 42.0 Å². The SMILES string of the molecule is O=C(Nc1cccc(OCC(O)c2ccc(F)cc2)c1)c1ccco1. The molecule has 1 atom stereocenters. The Labute approximate surface area is 143 Å². The van der Waals surface area contributed by atoms with Crippen molar-refractivity contribution in [1.82, 2.24) is 0 Å². The van der Waals surface area contributed by atoms with Crippen molar-refractivity contribution in [3.63, 3.8) is 0 Å². The lowest BCUT2D eigenvalue weighted by Gasteiger charge is -2.13. The van der Waals surface area contributed by atoms with Gasteiger partial charge in [-0.25, -0.2) is 4.39 Å². The van der Waals surface area contributed by atoms with Crippen LogP contribution in [-0.4, -0.2) is 17.6 Å². The number of anilines is 1. The summed E-state index contributed by atoms with van der Waals surface area (Å²) in [5.74, 6) is -0.0400. The average molecular weight is 341 g/mol. The number of aliphatic hydroxyl groups excluding tert-OH is 1. The van der Waals surface area contributed by atoms with E-state index in [1.54, 1.807) is 36.4 Å². The highest BCUT2D eigenvalue weighted by Crippen LogP contribution is 2.21. The fourth-order valence-corrected chi connectivity index (χ4v) is 2.22. The number of benzene rings is 2. The smallest absolute Gasteiger partial charge is 0.291 e. The van der Waals surface area contributed by atoms with Crippen LogP contribution in [0.3, 0.4) is 0 Å². The molecule has 1 unspecified atom stereocenters. The third kappa shape index (κ3) is 4.45. The highest BCUT2D eigenvalue weighted by Gasteiger charge is 2.11. The monoisotopic (exact) mass is 341 g/mol. The molecule has 1 aromatic heterocycles. The zero-order chi connectivity index (χ0) is 17.6. The Kier molecular flexibility index (Phi) is 5.11. The third-order valence-electron chi connectivity index (χ3n) is 3.50. The Balaban J connectivity index is 1.59. The minimum Gasteiger partial charge on any atom is -0.490 e. The van der Waals surface area contributed by atoms with Crippen molar-refractivity contribution in [3.8, 4) is 5.75 Å². The van der Waals surface area contributed by atoms with E-state index in [4.69, 9.17) is 9.15 Å². The molecule has 0 radical (unpaired) electrons. The summed E-state index contributed by atoms with van der Waals surface area (Å²) in [6.07, 6.45) is 0.535. The van der Waals surface area contributed by atoms with Gasteiger partial charge in [0.1, 0.15) is 24.3 Å². The number of halogens is 1. The van der Waals surface area contributed by atoms with Gasteiger partial charge in [0.2, 0.25) is 0 Å².